The van der Waals surface area contributed by atoms with Crippen molar-refractivity contribution < 1.29 is 17.3 Å². The molecule has 0 saturated heterocycles. The van der Waals surface area contributed by atoms with Gasteiger partial charge in [0, 0.05) is 0 Å². The molecule has 0 radical (unpaired) electrons. The molecule has 1 heterocycles. The lowest BCUT2D eigenvalue weighted by molar-refractivity contribution is 0.340. The van der Waals surface area contributed by atoms with Gasteiger partial charge in [0.25, 0.3) is 0 Å². The third-order valence-corrected chi connectivity index (χ3v) is 4.34. The van der Waals surface area contributed by atoms with E-state index in [1.54, 1.807) is 24.3 Å². The Kier molecular flexibility index (Phi) is 4.43. The number of tetrazole rings is 1. The SMILES string of the molecule is CCOc1ccc(S(=O)(=O)Oc2ccc(-n3cnnn3)cc2)cc1. The molecule has 3 rings (SSSR count). The first-order chi connectivity index (χ1) is 11.6. The van der Waals surface area contributed by atoms with E-state index < -0.39 is 10.1 Å². The van der Waals surface area contributed by atoms with Crippen molar-refractivity contribution in [2.75, 3.05) is 6.61 Å². The average Bonchev–Trinajstić information content (AvgIpc) is 3.10. The Morgan fingerprint density at radius 2 is 1.67 bits per heavy atom. The van der Waals surface area contributed by atoms with Crippen molar-refractivity contribution in [3.05, 3.63) is 54.9 Å². The summed E-state index contributed by atoms with van der Waals surface area (Å²) in [6.45, 7) is 2.36. The maximum Gasteiger partial charge on any atom is 0.339 e. The van der Waals surface area contributed by atoms with Crippen molar-refractivity contribution >= 4 is 10.1 Å². The first-order valence-electron chi connectivity index (χ1n) is 7.09. The number of benzene rings is 2. The second-order valence-electron chi connectivity index (χ2n) is 4.69. The smallest absolute Gasteiger partial charge is 0.339 e. The summed E-state index contributed by atoms with van der Waals surface area (Å²) < 4.78 is 36.4. The van der Waals surface area contributed by atoms with Crippen LogP contribution in [0.5, 0.6) is 11.5 Å². The maximum absolute atomic E-state index is 12.3. The van der Waals surface area contributed by atoms with Crippen molar-refractivity contribution in [1.29, 1.82) is 0 Å². The summed E-state index contributed by atoms with van der Waals surface area (Å²) in [5.74, 6) is 0.794. The van der Waals surface area contributed by atoms with Crippen LogP contribution < -0.4 is 8.92 Å². The Morgan fingerprint density at radius 1 is 1.00 bits per heavy atom. The molecule has 0 fully saturated rings. The van der Waals surface area contributed by atoms with E-state index in [0.717, 1.165) is 0 Å². The third-order valence-electron chi connectivity index (χ3n) is 3.08. The Morgan fingerprint density at radius 3 is 2.25 bits per heavy atom. The fraction of sp³-hybridized carbons (Fsp3) is 0.133. The van der Waals surface area contributed by atoms with Gasteiger partial charge >= 0.3 is 10.1 Å². The molecule has 9 heteroatoms. The van der Waals surface area contributed by atoms with Crippen molar-refractivity contribution in [2.45, 2.75) is 11.8 Å². The van der Waals surface area contributed by atoms with E-state index in [-0.39, 0.29) is 10.6 Å². The van der Waals surface area contributed by atoms with Gasteiger partial charge in [-0.2, -0.15) is 8.42 Å². The van der Waals surface area contributed by atoms with Gasteiger partial charge in [-0.05, 0) is 65.9 Å². The summed E-state index contributed by atoms with van der Waals surface area (Å²) in [5.41, 5.74) is 0.686. The maximum atomic E-state index is 12.3. The number of hydrogen-bond donors (Lipinski definition) is 0. The number of hydrogen-bond acceptors (Lipinski definition) is 7. The van der Waals surface area contributed by atoms with E-state index in [0.29, 0.717) is 18.0 Å². The molecular weight excluding hydrogens is 332 g/mol. The molecule has 2 aromatic carbocycles. The van der Waals surface area contributed by atoms with E-state index in [4.69, 9.17) is 8.92 Å². The molecule has 0 amide bonds. The highest BCUT2D eigenvalue weighted by molar-refractivity contribution is 7.87. The van der Waals surface area contributed by atoms with Crippen LogP contribution in [0.3, 0.4) is 0 Å². The van der Waals surface area contributed by atoms with E-state index >= 15 is 0 Å². The molecule has 0 N–H and O–H groups in total. The summed E-state index contributed by atoms with van der Waals surface area (Å²) in [7, 11) is -3.91. The highest BCUT2D eigenvalue weighted by Gasteiger charge is 2.16. The summed E-state index contributed by atoms with van der Waals surface area (Å²) in [4.78, 5) is 0.0514. The van der Waals surface area contributed by atoms with Crippen LogP contribution in [0.4, 0.5) is 0 Å². The van der Waals surface area contributed by atoms with Crippen LogP contribution in [0.25, 0.3) is 5.69 Å². The number of aromatic nitrogens is 4. The van der Waals surface area contributed by atoms with Gasteiger partial charge in [-0.25, -0.2) is 4.68 Å². The molecule has 0 aliphatic carbocycles. The molecule has 0 aliphatic rings. The van der Waals surface area contributed by atoms with Gasteiger partial charge in [0.05, 0.1) is 12.3 Å². The normalized spacial score (nSPS) is 11.2. The van der Waals surface area contributed by atoms with Crippen molar-refractivity contribution in [2.24, 2.45) is 0 Å². The lowest BCUT2D eigenvalue weighted by Gasteiger charge is -2.08. The van der Waals surface area contributed by atoms with Crippen LogP contribution in [0.15, 0.2) is 59.8 Å². The minimum absolute atomic E-state index is 0.0514. The highest BCUT2D eigenvalue weighted by atomic mass is 32.2. The second-order valence-corrected chi connectivity index (χ2v) is 6.24. The molecule has 8 nitrogen and oxygen atoms in total. The Hall–Kier alpha value is -2.94. The molecule has 24 heavy (non-hydrogen) atoms. The van der Waals surface area contributed by atoms with Gasteiger partial charge in [0.1, 0.15) is 22.7 Å². The number of ether oxygens (including phenoxy) is 1. The zero-order valence-corrected chi connectivity index (χ0v) is 13.5. The van der Waals surface area contributed by atoms with Crippen molar-refractivity contribution in [3.8, 4) is 17.2 Å². The Bertz CT molecular complexity index is 892. The van der Waals surface area contributed by atoms with Crippen molar-refractivity contribution in [3.63, 3.8) is 0 Å². The quantitative estimate of drug-likeness (QED) is 0.628. The van der Waals surface area contributed by atoms with Gasteiger partial charge in [-0.1, -0.05) is 0 Å². The van der Waals surface area contributed by atoms with Gasteiger partial charge in [-0.3, -0.25) is 0 Å². The predicted octanol–water partition coefficient (Wildman–Crippen LogP) is 1.83. The first-order valence-corrected chi connectivity index (χ1v) is 8.50. The zero-order valence-electron chi connectivity index (χ0n) is 12.7. The fourth-order valence-electron chi connectivity index (χ4n) is 1.98. The lowest BCUT2D eigenvalue weighted by Crippen LogP contribution is -2.09. The lowest BCUT2D eigenvalue weighted by atomic mass is 10.3. The molecule has 0 bridgehead atoms. The molecule has 0 saturated carbocycles. The minimum atomic E-state index is -3.91. The van der Waals surface area contributed by atoms with Gasteiger partial charge in [-0.15, -0.1) is 5.10 Å². The molecule has 0 atom stereocenters. The van der Waals surface area contributed by atoms with E-state index in [9.17, 15) is 8.42 Å². The minimum Gasteiger partial charge on any atom is -0.494 e. The second kappa shape index (κ2) is 6.67. The predicted molar refractivity (Wildman–Crippen MR) is 84.6 cm³/mol. The molecular formula is C15H14N4O4S. The van der Waals surface area contributed by atoms with Gasteiger partial charge in [0.2, 0.25) is 0 Å². The Labute approximate surface area is 138 Å². The van der Waals surface area contributed by atoms with E-state index in [1.807, 2.05) is 6.92 Å². The zero-order chi connectivity index (χ0) is 17.0. The molecule has 0 aliphatic heterocycles. The van der Waals surface area contributed by atoms with Crippen LogP contribution in [0.2, 0.25) is 0 Å². The van der Waals surface area contributed by atoms with Gasteiger partial charge in [0.15, 0.2) is 0 Å². The van der Waals surface area contributed by atoms with Crippen LogP contribution in [0, 0.1) is 0 Å². The molecule has 3 aromatic rings. The number of nitrogens with zero attached hydrogens (tertiary/aromatic N) is 4. The highest BCUT2D eigenvalue weighted by Crippen LogP contribution is 2.22. The van der Waals surface area contributed by atoms with E-state index in [2.05, 4.69) is 15.5 Å². The van der Waals surface area contributed by atoms with E-state index in [1.165, 1.54) is 35.3 Å². The topological polar surface area (TPSA) is 96.2 Å². The average molecular weight is 346 g/mol. The summed E-state index contributed by atoms with van der Waals surface area (Å²) in [6, 6.07) is 12.4. The third kappa shape index (κ3) is 3.51. The van der Waals surface area contributed by atoms with Crippen molar-refractivity contribution in [1.82, 2.24) is 20.2 Å². The standard InChI is InChI=1S/C15H14N4O4S/c1-2-22-13-7-9-15(10-8-13)24(20,21)23-14-5-3-12(4-6-14)19-11-16-17-18-19/h3-11H,2H2,1H3. The molecule has 0 spiro atoms. The van der Waals surface area contributed by atoms with Crippen LogP contribution in [-0.4, -0.2) is 35.2 Å². The molecule has 1 aromatic heterocycles. The fourth-order valence-corrected chi connectivity index (χ4v) is 2.91. The van der Waals surface area contributed by atoms with Crippen LogP contribution in [0.1, 0.15) is 6.92 Å². The monoisotopic (exact) mass is 346 g/mol. The summed E-state index contributed by atoms with van der Waals surface area (Å²) in [6.07, 6.45) is 1.44. The van der Waals surface area contributed by atoms with Gasteiger partial charge < -0.3 is 8.92 Å². The van der Waals surface area contributed by atoms with Crippen LogP contribution in [-0.2, 0) is 10.1 Å². The van der Waals surface area contributed by atoms with Crippen LogP contribution >= 0.6 is 0 Å². The largest absolute Gasteiger partial charge is 0.494 e. The number of rotatable bonds is 6. The molecule has 124 valence electrons. The Balaban J connectivity index is 1.76. The first kappa shape index (κ1) is 15.9. The molecule has 0 unspecified atom stereocenters. The summed E-state index contributed by atoms with van der Waals surface area (Å²) in [5, 5.41) is 10.8. The summed E-state index contributed by atoms with van der Waals surface area (Å²) >= 11 is 0.